The number of methoxy groups -OCH3 is 1. The van der Waals surface area contributed by atoms with Crippen LogP contribution in [-0.4, -0.2) is 38.9 Å². The smallest absolute Gasteiger partial charge is 0.303 e. The number of fused-ring (bicyclic) bond motifs is 1. The van der Waals surface area contributed by atoms with Crippen molar-refractivity contribution in [2.45, 2.75) is 37.8 Å². The lowest BCUT2D eigenvalue weighted by Gasteiger charge is -2.31. The van der Waals surface area contributed by atoms with Crippen molar-refractivity contribution in [1.82, 2.24) is 14.8 Å². The molecule has 0 saturated carbocycles. The van der Waals surface area contributed by atoms with Crippen molar-refractivity contribution in [3.63, 3.8) is 0 Å². The molecule has 9 heteroatoms. The second-order valence-electron chi connectivity index (χ2n) is 7.63. The van der Waals surface area contributed by atoms with Crippen LogP contribution in [0.25, 0.3) is 0 Å². The van der Waals surface area contributed by atoms with E-state index < -0.39 is 5.97 Å². The van der Waals surface area contributed by atoms with E-state index in [1.807, 2.05) is 42.5 Å². The maximum Gasteiger partial charge on any atom is 0.303 e. The highest BCUT2D eigenvalue weighted by Gasteiger charge is 2.31. The van der Waals surface area contributed by atoms with Crippen molar-refractivity contribution in [2.75, 3.05) is 17.7 Å². The van der Waals surface area contributed by atoms with E-state index in [0.717, 1.165) is 23.3 Å². The van der Waals surface area contributed by atoms with Gasteiger partial charge in [-0.1, -0.05) is 42.5 Å². The molecule has 1 aliphatic rings. The summed E-state index contributed by atoms with van der Waals surface area (Å²) in [5, 5.41) is 19.4. The van der Waals surface area contributed by atoms with Crippen LogP contribution >= 0.6 is 0 Å². The summed E-state index contributed by atoms with van der Waals surface area (Å²) in [6, 6.07) is 17.9. The fourth-order valence-corrected chi connectivity index (χ4v) is 3.83. The number of carbonyl (C=O) groups is 2. The number of aliphatic carboxylic acids is 1. The molecule has 0 saturated heterocycles. The molecule has 0 radical (unpaired) electrons. The van der Waals surface area contributed by atoms with E-state index in [9.17, 15) is 9.59 Å². The summed E-state index contributed by atoms with van der Waals surface area (Å²) in [4.78, 5) is 27.3. The van der Waals surface area contributed by atoms with E-state index in [0.29, 0.717) is 5.95 Å². The second-order valence-corrected chi connectivity index (χ2v) is 7.63. The fourth-order valence-electron chi connectivity index (χ4n) is 3.83. The Bertz CT molecular complexity index is 1080. The SMILES string of the molecule is COc1ccc([C@H]2C[C@@H](c3ccccc3)Nc3nc(NC(=O)CCCC(=O)O)nn32)cc1. The third-order valence-electron chi connectivity index (χ3n) is 5.44. The number of nitrogens with one attached hydrogen (secondary N) is 2. The predicted octanol–water partition coefficient (Wildman–Crippen LogP) is 3.63. The van der Waals surface area contributed by atoms with Crippen LogP contribution in [0.5, 0.6) is 5.75 Å². The summed E-state index contributed by atoms with van der Waals surface area (Å²) < 4.78 is 7.07. The van der Waals surface area contributed by atoms with Crippen LogP contribution in [0.2, 0.25) is 0 Å². The maximum absolute atomic E-state index is 12.2. The zero-order valence-corrected chi connectivity index (χ0v) is 17.7. The first kappa shape index (κ1) is 21.4. The van der Waals surface area contributed by atoms with Gasteiger partial charge in [-0.05, 0) is 36.1 Å². The molecule has 0 spiro atoms. The quantitative estimate of drug-likeness (QED) is 0.494. The standard InChI is InChI=1S/C23H25N5O4/c1-32-17-12-10-16(11-13-17)19-14-18(15-6-3-2-4-7-15)24-23-26-22(27-28(19)23)25-20(29)8-5-9-21(30)31/h2-4,6-7,10-13,18-19H,5,8-9,14H2,1H3,(H,30,31)(H2,24,25,26,27,29)/t18-,19+/m0/s1. The molecule has 4 rings (SSSR count). The Morgan fingerprint density at radius 2 is 1.88 bits per heavy atom. The number of benzene rings is 2. The molecule has 166 valence electrons. The van der Waals surface area contributed by atoms with Gasteiger partial charge in [0.05, 0.1) is 19.2 Å². The number of ether oxygens (including phenoxy) is 1. The molecule has 1 aromatic heterocycles. The molecule has 0 fully saturated rings. The first-order valence-corrected chi connectivity index (χ1v) is 10.5. The van der Waals surface area contributed by atoms with Gasteiger partial charge in [0.15, 0.2) is 0 Å². The van der Waals surface area contributed by atoms with Gasteiger partial charge in [0.25, 0.3) is 5.95 Å². The average Bonchev–Trinajstić information content (AvgIpc) is 3.21. The summed E-state index contributed by atoms with van der Waals surface area (Å²) in [6.45, 7) is 0. The van der Waals surface area contributed by atoms with E-state index in [1.54, 1.807) is 11.8 Å². The van der Waals surface area contributed by atoms with Gasteiger partial charge in [0, 0.05) is 12.8 Å². The van der Waals surface area contributed by atoms with Crippen molar-refractivity contribution in [2.24, 2.45) is 0 Å². The van der Waals surface area contributed by atoms with Crippen molar-refractivity contribution in [3.05, 3.63) is 65.7 Å². The Morgan fingerprint density at radius 1 is 1.12 bits per heavy atom. The minimum atomic E-state index is -0.924. The summed E-state index contributed by atoms with van der Waals surface area (Å²) in [5.41, 5.74) is 2.19. The highest BCUT2D eigenvalue weighted by molar-refractivity contribution is 5.89. The number of carboxylic acids is 1. The van der Waals surface area contributed by atoms with E-state index in [2.05, 4.69) is 32.8 Å². The molecule has 0 unspecified atom stereocenters. The molecule has 0 aliphatic carbocycles. The number of hydrogen-bond acceptors (Lipinski definition) is 6. The van der Waals surface area contributed by atoms with Crippen LogP contribution < -0.4 is 15.4 Å². The fraction of sp³-hybridized carbons (Fsp3) is 0.304. The lowest BCUT2D eigenvalue weighted by molar-refractivity contribution is -0.137. The van der Waals surface area contributed by atoms with Crippen molar-refractivity contribution in [1.29, 1.82) is 0 Å². The largest absolute Gasteiger partial charge is 0.497 e. The third kappa shape index (κ3) is 4.88. The molecule has 1 amide bonds. The van der Waals surface area contributed by atoms with E-state index in [4.69, 9.17) is 9.84 Å². The van der Waals surface area contributed by atoms with E-state index in [-0.39, 0.29) is 43.2 Å². The summed E-state index contributed by atoms with van der Waals surface area (Å²) in [5.74, 6) is 0.295. The Labute approximate surface area is 185 Å². The minimum absolute atomic E-state index is 0.0270. The molecule has 3 N–H and O–H groups in total. The van der Waals surface area contributed by atoms with Gasteiger partial charge in [0.1, 0.15) is 5.75 Å². The monoisotopic (exact) mass is 435 g/mol. The lowest BCUT2D eigenvalue weighted by Crippen LogP contribution is -2.28. The number of aromatic nitrogens is 3. The van der Waals surface area contributed by atoms with Crippen molar-refractivity contribution >= 4 is 23.8 Å². The normalized spacial score (nSPS) is 17.2. The van der Waals surface area contributed by atoms with Crippen LogP contribution in [-0.2, 0) is 9.59 Å². The summed E-state index contributed by atoms with van der Waals surface area (Å²) >= 11 is 0. The number of carbonyl (C=O) groups excluding carboxylic acids is 1. The van der Waals surface area contributed by atoms with Gasteiger partial charge in [-0.3, -0.25) is 14.9 Å². The Kier molecular flexibility index (Phi) is 6.34. The predicted molar refractivity (Wildman–Crippen MR) is 119 cm³/mol. The van der Waals surface area contributed by atoms with Gasteiger partial charge in [-0.2, -0.15) is 4.98 Å². The van der Waals surface area contributed by atoms with Crippen molar-refractivity contribution in [3.8, 4) is 5.75 Å². The topological polar surface area (TPSA) is 118 Å². The van der Waals surface area contributed by atoms with Crippen LogP contribution in [0.1, 0.15) is 48.9 Å². The zero-order chi connectivity index (χ0) is 22.5. The number of amides is 1. The van der Waals surface area contributed by atoms with Gasteiger partial charge < -0.3 is 15.2 Å². The van der Waals surface area contributed by atoms with Gasteiger partial charge >= 0.3 is 5.97 Å². The highest BCUT2D eigenvalue weighted by Crippen LogP contribution is 2.38. The van der Waals surface area contributed by atoms with Crippen LogP contribution in [0.15, 0.2) is 54.6 Å². The molecule has 1 aliphatic heterocycles. The molecular formula is C23H25N5O4. The number of anilines is 2. The van der Waals surface area contributed by atoms with Gasteiger partial charge in [0.2, 0.25) is 11.9 Å². The van der Waals surface area contributed by atoms with Crippen molar-refractivity contribution < 1.29 is 19.4 Å². The molecule has 2 aromatic carbocycles. The van der Waals surface area contributed by atoms with Crippen LogP contribution in [0.3, 0.4) is 0 Å². The Balaban J connectivity index is 1.59. The number of rotatable bonds is 8. The Morgan fingerprint density at radius 3 is 2.56 bits per heavy atom. The zero-order valence-electron chi connectivity index (χ0n) is 17.7. The average molecular weight is 435 g/mol. The second kappa shape index (κ2) is 9.51. The molecule has 2 heterocycles. The molecule has 32 heavy (non-hydrogen) atoms. The summed E-state index contributed by atoms with van der Waals surface area (Å²) in [7, 11) is 1.63. The first-order valence-electron chi connectivity index (χ1n) is 10.5. The Hall–Kier alpha value is -3.88. The van der Waals surface area contributed by atoms with Gasteiger partial charge in [-0.15, -0.1) is 5.10 Å². The minimum Gasteiger partial charge on any atom is -0.497 e. The third-order valence-corrected chi connectivity index (χ3v) is 5.44. The van der Waals surface area contributed by atoms with E-state index >= 15 is 0 Å². The lowest BCUT2D eigenvalue weighted by atomic mass is 9.93. The summed E-state index contributed by atoms with van der Waals surface area (Å²) in [6.07, 6.45) is 1.05. The molecule has 2 atom stereocenters. The number of carboxylic acid groups (broad SMARTS) is 1. The van der Waals surface area contributed by atoms with Crippen LogP contribution in [0, 0.1) is 0 Å². The number of nitrogens with zero attached hydrogens (tertiary/aromatic N) is 3. The van der Waals surface area contributed by atoms with E-state index in [1.165, 1.54) is 0 Å². The molecule has 9 nitrogen and oxygen atoms in total. The molecular weight excluding hydrogens is 410 g/mol. The highest BCUT2D eigenvalue weighted by atomic mass is 16.5. The number of hydrogen-bond donors (Lipinski definition) is 3. The maximum atomic E-state index is 12.2. The molecule has 0 bridgehead atoms. The first-order chi connectivity index (χ1) is 15.5. The molecule has 3 aromatic rings. The van der Waals surface area contributed by atoms with Gasteiger partial charge in [-0.25, -0.2) is 4.68 Å². The van der Waals surface area contributed by atoms with Crippen LogP contribution in [0.4, 0.5) is 11.9 Å².